The van der Waals surface area contributed by atoms with E-state index in [4.69, 9.17) is 9.15 Å². The maximum Gasteiger partial charge on any atom is 0.123 e. The van der Waals surface area contributed by atoms with Gasteiger partial charge in [-0.05, 0) is 25.1 Å². The SMILES string of the molecule is CCc1ccc(CNC(C)c2ccccc2OC)o1. The zero-order valence-electron chi connectivity index (χ0n) is 11.8. The van der Waals surface area contributed by atoms with Crippen molar-refractivity contribution in [3.05, 3.63) is 53.5 Å². The smallest absolute Gasteiger partial charge is 0.123 e. The van der Waals surface area contributed by atoms with E-state index in [1.165, 1.54) is 0 Å². The molecule has 1 aromatic carbocycles. The minimum atomic E-state index is 0.214. The Morgan fingerprint density at radius 3 is 2.58 bits per heavy atom. The van der Waals surface area contributed by atoms with Gasteiger partial charge in [-0.15, -0.1) is 0 Å². The molecule has 0 saturated heterocycles. The summed E-state index contributed by atoms with van der Waals surface area (Å²) in [6, 6.07) is 12.3. The second kappa shape index (κ2) is 6.43. The Hall–Kier alpha value is -1.74. The summed E-state index contributed by atoms with van der Waals surface area (Å²) in [4.78, 5) is 0. The molecule has 2 rings (SSSR count). The summed E-state index contributed by atoms with van der Waals surface area (Å²) < 4.78 is 11.1. The largest absolute Gasteiger partial charge is 0.496 e. The molecule has 0 saturated carbocycles. The highest BCUT2D eigenvalue weighted by atomic mass is 16.5. The Morgan fingerprint density at radius 2 is 1.89 bits per heavy atom. The fourth-order valence-electron chi connectivity index (χ4n) is 2.10. The molecule has 19 heavy (non-hydrogen) atoms. The van der Waals surface area contributed by atoms with Crippen LogP contribution in [0.1, 0.15) is 37.0 Å². The predicted octanol–water partition coefficient (Wildman–Crippen LogP) is 3.70. The summed E-state index contributed by atoms with van der Waals surface area (Å²) in [5.74, 6) is 2.91. The highest BCUT2D eigenvalue weighted by Gasteiger charge is 2.11. The zero-order chi connectivity index (χ0) is 13.7. The van der Waals surface area contributed by atoms with E-state index < -0.39 is 0 Å². The summed E-state index contributed by atoms with van der Waals surface area (Å²) in [7, 11) is 1.70. The quantitative estimate of drug-likeness (QED) is 0.859. The standard InChI is InChI=1S/C16H21NO2/c1-4-13-9-10-14(19-13)11-17-12(2)15-7-5-6-8-16(15)18-3/h5-10,12,17H,4,11H2,1-3H3. The molecular formula is C16H21NO2. The van der Waals surface area contributed by atoms with Crippen LogP contribution < -0.4 is 10.1 Å². The van der Waals surface area contributed by atoms with Gasteiger partial charge in [0.25, 0.3) is 0 Å². The van der Waals surface area contributed by atoms with Gasteiger partial charge in [-0.2, -0.15) is 0 Å². The van der Waals surface area contributed by atoms with Crippen molar-refractivity contribution in [3.63, 3.8) is 0 Å². The molecule has 1 unspecified atom stereocenters. The van der Waals surface area contributed by atoms with Gasteiger partial charge in [-0.1, -0.05) is 25.1 Å². The number of rotatable bonds is 6. The molecule has 2 aromatic rings. The lowest BCUT2D eigenvalue weighted by Crippen LogP contribution is -2.18. The molecule has 3 heteroatoms. The number of furan rings is 1. The molecule has 0 fully saturated rings. The first-order valence-corrected chi connectivity index (χ1v) is 6.68. The van der Waals surface area contributed by atoms with Gasteiger partial charge < -0.3 is 14.5 Å². The summed E-state index contributed by atoms with van der Waals surface area (Å²) in [6.07, 6.45) is 0.933. The molecule has 0 aliphatic carbocycles. The third kappa shape index (κ3) is 3.38. The number of hydrogen-bond donors (Lipinski definition) is 1. The molecule has 0 spiro atoms. The van der Waals surface area contributed by atoms with Crippen molar-refractivity contribution in [1.82, 2.24) is 5.32 Å². The lowest BCUT2D eigenvalue weighted by molar-refractivity contribution is 0.395. The van der Waals surface area contributed by atoms with Gasteiger partial charge in [0.15, 0.2) is 0 Å². The second-order valence-corrected chi connectivity index (χ2v) is 4.57. The Morgan fingerprint density at radius 1 is 1.16 bits per heavy atom. The van der Waals surface area contributed by atoms with E-state index in [-0.39, 0.29) is 6.04 Å². The van der Waals surface area contributed by atoms with E-state index >= 15 is 0 Å². The van der Waals surface area contributed by atoms with E-state index in [9.17, 15) is 0 Å². The number of methoxy groups -OCH3 is 1. The molecule has 1 aromatic heterocycles. The Kier molecular flexibility index (Phi) is 4.63. The Balaban J connectivity index is 1.98. The first-order valence-electron chi connectivity index (χ1n) is 6.68. The minimum Gasteiger partial charge on any atom is -0.496 e. The van der Waals surface area contributed by atoms with Gasteiger partial charge in [-0.3, -0.25) is 0 Å². The predicted molar refractivity (Wildman–Crippen MR) is 76.3 cm³/mol. The van der Waals surface area contributed by atoms with Crippen LogP contribution >= 0.6 is 0 Å². The van der Waals surface area contributed by atoms with Gasteiger partial charge in [0, 0.05) is 18.0 Å². The molecule has 3 nitrogen and oxygen atoms in total. The number of ether oxygens (including phenoxy) is 1. The highest BCUT2D eigenvalue weighted by molar-refractivity contribution is 5.35. The number of nitrogens with one attached hydrogen (secondary N) is 1. The lowest BCUT2D eigenvalue weighted by atomic mass is 10.1. The van der Waals surface area contributed by atoms with Crippen molar-refractivity contribution in [2.75, 3.05) is 7.11 Å². The van der Waals surface area contributed by atoms with Gasteiger partial charge in [0.1, 0.15) is 17.3 Å². The van der Waals surface area contributed by atoms with Gasteiger partial charge in [-0.25, -0.2) is 0 Å². The second-order valence-electron chi connectivity index (χ2n) is 4.57. The van der Waals surface area contributed by atoms with E-state index in [2.05, 4.69) is 25.2 Å². The van der Waals surface area contributed by atoms with Crippen LogP contribution in [0.15, 0.2) is 40.8 Å². The third-order valence-corrected chi connectivity index (χ3v) is 3.25. The zero-order valence-corrected chi connectivity index (χ0v) is 11.8. The molecule has 0 amide bonds. The van der Waals surface area contributed by atoms with Crippen LogP contribution in [0.25, 0.3) is 0 Å². The fraction of sp³-hybridized carbons (Fsp3) is 0.375. The average molecular weight is 259 g/mol. The molecule has 0 radical (unpaired) electrons. The van der Waals surface area contributed by atoms with Gasteiger partial charge >= 0.3 is 0 Å². The number of para-hydroxylation sites is 1. The van der Waals surface area contributed by atoms with Crippen LogP contribution in [0.4, 0.5) is 0 Å². The molecular weight excluding hydrogens is 238 g/mol. The summed E-state index contributed by atoms with van der Waals surface area (Å²) in [5.41, 5.74) is 1.16. The average Bonchev–Trinajstić information content (AvgIpc) is 2.92. The van der Waals surface area contributed by atoms with Gasteiger partial charge in [0.2, 0.25) is 0 Å². The topological polar surface area (TPSA) is 34.4 Å². The van der Waals surface area contributed by atoms with Crippen LogP contribution in [0.2, 0.25) is 0 Å². The van der Waals surface area contributed by atoms with E-state index in [1.54, 1.807) is 7.11 Å². The highest BCUT2D eigenvalue weighted by Crippen LogP contribution is 2.24. The van der Waals surface area contributed by atoms with Crippen LogP contribution in [0.5, 0.6) is 5.75 Å². The monoisotopic (exact) mass is 259 g/mol. The molecule has 0 aliphatic heterocycles. The first-order chi connectivity index (χ1) is 9.24. The molecule has 102 valence electrons. The van der Waals surface area contributed by atoms with E-state index in [1.807, 2.05) is 30.3 Å². The molecule has 1 N–H and O–H groups in total. The normalized spacial score (nSPS) is 12.4. The van der Waals surface area contributed by atoms with Crippen molar-refractivity contribution in [3.8, 4) is 5.75 Å². The Bertz CT molecular complexity index is 519. The maximum absolute atomic E-state index is 5.68. The molecule has 0 aliphatic rings. The minimum absolute atomic E-state index is 0.214. The molecule has 0 bridgehead atoms. The summed E-state index contributed by atoms with van der Waals surface area (Å²) in [5, 5.41) is 3.45. The third-order valence-electron chi connectivity index (χ3n) is 3.25. The summed E-state index contributed by atoms with van der Waals surface area (Å²) in [6.45, 7) is 4.94. The summed E-state index contributed by atoms with van der Waals surface area (Å²) >= 11 is 0. The maximum atomic E-state index is 5.68. The lowest BCUT2D eigenvalue weighted by Gasteiger charge is -2.16. The van der Waals surface area contributed by atoms with Crippen molar-refractivity contribution in [2.45, 2.75) is 32.9 Å². The van der Waals surface area contributed by atoms with Gasteiger partial charge in [0.05, 0.1) is 13.7 Å². The van der Waals surface area contributed by atoms with Crippen LogP contribution in [-0.2, 0) is 13.0 Å². The van der Waals surface area contributed by atoms with Crippen molar-refractivity contribution >= 4 is 0 Å². The Labute approximate surface area is 114 Å². The van der Waals surface area contributed by atoms with Crippen molar-refractivity contribution in [1.29, 1.82) is 0 Å². The van der Waals surface area contributed by atoms with Crippen molar-refractivity contribution < 1.29 is 9.15 Å². The van der Waals surface area contributed by atoms with E-state index in [0.717, 1.165) is 35.8 Å². The van der Waals surface area contributed by atoms with Crippen LogP contribution in [-0.4, -0.2) is 7.11 Å². The first kappa shape index (κ1) is 13.7. The fourth-order valence-corrected chi connectivity index (χ4v) is 2.10. The van der Waals surface area contributed by atoms with Crippen LogP contribution in [0.3, 0.4) is 0 Å². The van der Waals surface area contributed by atoms with Crippen molar-refractivity contribution in [2.24, 2.45) is 0 Å². The number of aryl methyl sites for hydroxylation is 1. The number of hydrogen-bond acceptors (Lipinski definition) is 3. The van der Waals surface area contributed by atoms with Crippen LogP contribution in [0, 0.1) is 0 Å². The van der Waals surface area contributed by atoms with E-state index in [0.29, 0.717) is 0 Å². The molecule has 1 heterocycles. The molecule has 1 atom stereocenters. The number of benzene rings is 1.